The lowest BCUT2D eigenvalue weighted by Crippen LogP contribution is -2.44. The predicted octanol–water partition coefficient (Wildman–Crippen LogP) is 2.62. The zero-order valence-electron chi connectivity index (χ0n) is 12.8. The van der Waals surface area contributed by atoms with E-state index in [0.29, 0.717) is 6.04 Å². The molecule has 2 aliphatic rings. The second kappa shape index (κ2) is 6.24. The predicted molar refractivity (Wildman–Crippen MR) is 83.5 cm³/mol. The van der Waals surface area contributed by atoms with Gasteiger partial charge in [-0.3, -0.25) is 4.90 Å². The van der Waals surface area contributed by atoms with Crippen molar-refractivity contribution in [3.05, 3.63) is 23.8 Å². The lowest BCUT2D eigenvalue weighted by atomic mass is 9.88. The summed E-state index contributed by atoms with van der Waals surface area (Å²) in [7, 11) is 0. The van der Waals surface area contributed by atoms with Crippen molar-refractivity contribution in [2.45, 2.75) is 44.7 Å². The molecular weight excluding hydrogens is 264 g/mol. The van der Waals surface area contributed by atoms with E-state index in [4.69, 9.17) is 0 Å². The summed E-state index contributed by atoms with van der Waals surface area (Å²) in [4.78, 5) is 2.47. The van der Waals surface area contributed by atoms with E-state index in [1.807, 2.05) is 6.07 Å². The van der Waals surface area contributed by atoms with Crippen LogP contribution in [0, 0.1) is 5.92 Å². The van der Waals surface area contributed by atoms with Crippen molar-refractivity contribution < 1.29 is 10.2 Å². The minimum Gasteiger partial charge on any atom is -0.508 e. The highest BCUT2D eigenvalue weighted by molar-refractivity contribution is 5.40. The first-order chi connectivity index (χ1) is 10.1. The Bertz CT molecular complexity index is 486. The lowest BCUT2D eigenvalue weighted by molar-refractivity contribution is 0.113. The zero-order valence-corrected chi connectivity index (χ0v) is 12.8. The quantitative estimate of drug-likeness (QED) is 0.801. The second-order valence-corrected chi connectivity index (χ2v) is 6.52. The van der Waals surface area contributed by atoms with Gasteiger partial charge in [0.15, 0.2) is 0 Å². The summed E-state index contributed by atoms with van der Waals surface area (Å²) in [5.41, 5.74) is 0.910. The highest BCUT2D eigenvalue weighted by Gasteiger charge is 2.31. The second-order valence-electron chi connectivity index (χ2n) is 6.52. The third-order valence-electron chi connectivity index (χ3n) is 5.17. The van der Waals surface area contributed by atoms with Crippen molar-refractivity contribution in [2.24, 2.45) is 5.92 Å². The molecule has 0 radical (unpaired) electrons. The van der Waals surface area contributed by atoms with Crippen LogP contribution in [0.3, 0.4) is 0 Å². The molecule has 0 aliphatic carbocycles. The van der Waals surface area contributed by atoms with Gasteiger partial charge in [0, 0.05) is 30.3 Å². The fourth-order valence-electron chi connectivity index (χ4n) is 3.92. The minimum absolute atomic E-state index is 0.120. The molecule has 0 spiro atoms. The smallest absolute Gasteiger partial charge is 0.124 e. The summed E-state index contributed by atoms with van der Waals surface area (Å²) in [5.74, 6) is 1.04. The van der Waals surface area contributed by atoms with Gasteiger partial charge < -0.3 is 15.5 Å². The third-order valence-corrected chi connectivity index (χ3v) is 5.17. The Balaban J connectivity index is 1.70. The topological polar surface area (TPSA) is 55.7 Å². The Hall–Kier alpha value is -1.26. The molecule has 116 valence electrons. The van der Waals surface area contributed by atoms with E-state index in [2.05, 4.69) is 17.1 Å². The largest absolute Gasteiger partial charge is 0.508 e. The van der Waals surface area contributed by atoms with Crippen LogP contribution < -0.4 is 5.32 Å². The highest BCUT2D eigenvalue weighted by Crippen LogP contribution is 2.34. The van der Waals surface area contributed by atoms with Crippen molar-refractivity contribution in [3.8, 4) is 11.5 Å². The molecule has 2 heterocycles. The number of nitrogens with zero attached hydrogens (tertiary/aromatic N) is 1. The van der Waals surface area contributed by atoms with E-state index in [9.17, 15) is 10.2 Å². The maximum atomic E-state index is 10.1. The van der Waals surface area contributed by atoms with Gasteiger partial charge in [-0.15, -0.1) is 0 Å². The van der Waals surface area contributed by atoms with Gasteiger partial charge in [-0.05, 0) is 57.7 Å². The van der Waals surface area contributed by atoms with Crippen LogP contribution in [0.2, 0.25) is 0 Å². The van der Waals surface area contributed by atoms with Crippen LogP contribution >= 0.6 is 0 Å². The molecule has 4 nitrogen and oxygen atoms in total. The van der Waals surface area contributed by atoms with Gasteiger partial charge >= 0.3 is 0 Å². The molecule has 21 heavy (non-hydrogen) atoms. The van der Waals surface area contributed by atoms with Crippen LogP contribution in [-0.4, -0.2) is 40.8 Å². The van der Waals surface area contributed by atoms with E-state index in [1.54, 1.807) is 6.07 Å². The van der Waals surface area contributed by atoms with Gasteiger partial charge in [-0.2, -0.15) is 0 Å². The lowest BCUT2D eigenvalue weighted by Gasteiger charge is -2.39. The molecule has 1 aromatic rings. The molecule has 0 aromatic heterocycles. The number of phenolic OH excluding ortho intramolecular Hbond substituents is 2. The number of likely N-dealkylation sites (tertiary alicyclic amines) is 1. The Morgan fingerprint density at radius 1 is 1.24 bits per heavy atom. The fourth-order valence-corrected chi connectivity index (χ4v) is 3.92. The van der Waals surface area contributed by atoms with E-state index in [1.165, 1.54) is 31.7 Å². The van der Waals surface area contributed by atoms with Gasteiger partial charge in [0.1, 0.15) is 11.5 Å². The molecule has 3 rings (SSSR count). The van der Waals surface area contributed by atoms with Crippen LogP contribution in [0.1, 0.15) is 44.2 Å². The normalized spacial score (nSPS) is 28.6. The van der Waals surface area contributed by atoms with Gasteiger partial charge in [-0.25, -0.2) is 0 Å². The number of nitrogens with one attached hydrogen (secondary N) is 1. The standard InChI is InChI=1S/C17H26N2O2/c1-12(15-7-6-14(20)10-17(15)21)19-9-3-4-13(11-19)16-5-2-8-18-16/h6-7,10,12-13,16,18,20-21H,2-5,8-9,11H2,1H3. The van der Waals surface area contributed by atoms with Crippen molar-refractivity contribution in [1.29, 1.82) is 0 Å². The average molecular weight is 290 g/mol. The molecule has 0 amide bonds. The summed E-state index contributed by atoms with van der Waals surface area (Å²) in [6, 6.07) is 5.80. The van der Waals surface area contributed by atoms with Crippen LogP contribution in [0.4, 0.5) is 0 Å². The average Bonchev–Trinajstić information content (AvgIpc) is 3.01. The molecular formula is C17H26N2O2. The summed E-state index contributed by atoms with van der Waals surface area (Å²) in [6.45, 7) is 5.50. The highest BCUT2D eigenvalue weighted by atomic mass is 16.3. The number of piperidine rings is 1. The summed E-state index contributed by atoms with van der Waals surface area (Å²) < 4.78 is 0. The first kappa shape index (κ1) is 14.7. The molecule has 2 fully saturated rings. The monoisotopic (exact) mass is 290 g/mol. The molecule has 3 unspecified atom stereocenters. The van der Waals surface area contributed by atoms with E-state index in [-0.39, 0.29) is 17.5 Å². The van der Waals surface area contributed by atoms with Crippen molar-refractivity contribution in [1.82, 2.24) is 10.2 Å². The molecule has 0 bridgehead atoms. The van der Waals surface area contributed by atoms with Crippen LogP contribution in [0.15, 0.2) is 18.2 Å². The molecule has 4 heteroatoms. The van der Waals surface area contributed by atoms with Gasteiger partial charge in [-0.1, -0.05) is 6.07 Å². The third kappa shape index (κ3) is 3.16. The van der Waals surface area contributed by atoms with Crippen LogP contribution in [0.5, 0.6) is 11.5 Å². The summed E-state index contributed by atoms with van der Waals surface area (Å²) >= 11 is 0. The minimum atomic E-state index is 0.120. The maximum Gasteiger partial charge on any atom is 0.124 e. The van der Waals surface area contributed by atoms with E-state index < -0.39 is 0 Å². The number of hydrogen-bond donors (Lipinski definition) is 3. The van der Waals surface area contributed by atoms with E-state index >= 15 is 0 Å². The van der Waals surface area contributed by atoms with E-state index in [0.717, 1.165) is 31.1 Å². The number of rotatable bonds is 3. The van der Waals surface area contributed by atoms with Crippen LogP contribution in [0.25, 0.3) is 0 Å². The number of phenols is 2. The zero-order chi connectivity index (χ0) is 14.8. The Kier molecular flexibility index (Phi) is 4.36. The number of aromatic hydroxyl groups is 2. The molecule has 1 aromatic carbocycles. The maximum absolute atomic E-state index is 10.1. The van der Waals surface area contributed by atoms with Gasteiger partial charge in [0.05, 0.1) is 0 Å². The molecule has 3 atom stereocenters. The van der Waals surface area contributed by atoms with Crippen molar-refractivity contribution in [2.75, 3.05) is 19.6 Å². The summed E-state index contributed by atoms with van der Waals surface area (Å²) in [5, 5.41) is 23.1. The summed E-state index contributed by atoms with van der Waals surface area (Å²) in [6.07, 6.45) is 5.14. The van der Waals surface area contributed by atoms with Gasteiger partial charge in [0.25, 0.3) is 0 Å². The molecule has 2 aliphatic heterocycles. The fraction of sp³-hybridized carbons (Fsp3) is 0.647. The Morgan fingerprint density at radius 2 is 2.10 bits per heavy atom. The van der Waals surface area contributed by atoms with Crippen LogP contribution in [-0.2, 0) is 0 Å². The van der Waals surface area contributed by atoms with Gasteiger partial charge in [0.2, 0.25) is 0 Å². The Labute approximate surface area is 126 Å². The molecule has 2 saturated heterocycles. The number of hydrogen-bond acceptors (Lipinski definition) is 4. The molecule has 0 saturated carbocycles. The molecule has 3 N–H and O–H groups in total. The SMILES string of the molecule is CC(c1ccc(O)cc1O)N1CCCC(C2CCCN2)C1. The van der Waals surface area contributed by atoms with Crippen molar-refractivity contribution >= 4 is 0 Å². The van der Waals surface area contributed by atoms with Crippen molar-refractivity contribution in [3.63, 3.8) is 0 Å². The number of benzene rings is 1. The first-order valence-corrected chi connectivity index (χ1v) is 8.14. The Morgan fingerprint density at radius 3 is 2.81 bits per heavy atom. The first-order valence-electron chi connectivity index (χ1n) is 8.14.